The van der Waals surface area contributed by atoms with E-state index in [9.17, 15) is 9.90 Å². The highest BCUT2D eigenvalue weighted by molar-refractivity contribution is 5.94. The molecule has 0 saturated carbocycles. The Kier molecular flexibility index (Phi) is 3.97. The molecule has 2 heterocycles. The van der Waals surface area contributed by atoms with Gasteiger partial charge in [0, 0.05) is 32.4 Å². The van der Waals surface area contributed by atoms with Crippen LogP contribution in [0.25, 0.3) is 0 Å². The van der Waals surface area contributed by atoms with Crippen molar-refractivity contribution >= 4 is 11.8 Å². The van der Waals surface area contributed by atoms with Crippen LogP contribution in [0.3, 0.4) is 0 Å². The Morgan fingerprint density at radius 2 is 2.15 bits per heavy atom. The molecule has 0 amide bonds. The molecule has 20 heavy (non-hydrogen) atoms. The van der Waals surface area contributed by atoms with Gasteiger partial charge in [-0.3, -0.25) is 0 Å². The van der Waals surface area contributed by atoms with E-state index >= 15 is 0 Å². The Labute approximate surface area is 116 Å². The summed E-state index contributed by atoms with van der Waals surface area (Å²) in [4.78, 5) is 15.5. The fraction of sp³-hybridized carbons (Fsp3) is 0.385. The van der Waals surface area contributed by atoms with E-state index in [4.69, 9.17) is 0 Å². The summed E-state index contributed by atoms with van der Waals surface area (Å²) in [5.74, 6) is 0.223. The molecule has 0 aliphatic rings. The summed E-state index contributed by atoms with van der Waals surface area (Å²) in [7, 11) is 1.92. The van der Waals surface area contributed by atoms with Crippen LogP contribution in [0.4, 0.5) is 5.82 Å². The number of hydrogen-bond acceptors (Lipinski definition) is 5. The van der Waals surface area contributed by atoms with Gasteiger partial charge < -0.3 is 15.0 Å². The number of aryl methyl sites for hydroxylation is 2. The van der Waals surface area contributed by atoms with Crippen molar-refractivity contribution in [2.24, 2.45) is 7.05 Å². The zero-order valence-corrected chi connectivity index (χ0v) is 11.7. The second-order valence-corrected chi connectivity index (χ2v) is 4.57. The summed E-state index contributed by atoms with van der Waals surface area (Å²) in [6, 6.07) is 0. The van der Waals surface area contributed by atoms with Gasteiger partial charge in [0.15, 0.2) is 5.82 Å². The monoisotopic (exact) mass is 275 g/mol. The van der Waals surface area contributed by atoms with Crippen molar-refractivity contribution in [2.75, 3.05) is 11.9 Å². The summed E-state index contributed by atoms with van der Waals surface area (Å²) in [6.07, 6.45) is 4.28. The lowest BCUT2D eigenvalue weighted by Crippen LogP contribution is -2.15. The molecule has 0 atom stereocenters. The molecule has 7 heteroatoms. The van der Waals surface area contributed by atoms with Crippen LogP contribution in [0.1, 0.15) is 27.4 Å². The lowest BCUT2D eigenvalue weighted by atomic mass is 10.1. The molecule has 106 valence electrons. The lowest BCUT2D eigenvalue weighted by Gasteiger charge is -2.11. The van der Waals surface area contributed by atoms with Gasteiger partial charge in [0.05, 0.1) is 5.69 Å². The Balaban J connectivity index is 2.12. The summed E-state index contributed by atoms with van der Waals surface area (Å²) in [5, 5.41) is 20.2. The molecule has 2 rings (SSSR count). The van der Waals surface area contributed by atoms with Gasteiger partial charge in [-0.1, -0.05) is 0 Å². The highest BCUT2D eigenvalue weighted by Crippen LogP contribution is 2.18. The number of anilines is 1. The molecule has 0 spiro atoms. The molecule has 0 unspecified atom stereocenters. The van der Waals surface area contributed by atoms with Gasteiger partial charge in [-0.05, 0) is 19.4 Å². The quantitative estimate of drug-likeness (QED) is 0.851. The van der Waals surface area contributed by atoms with Gasteiger partial charge in [-0.15, -0.1) is 5.10 Å². The third kappa shape index (κ3) is 2.76. The van der Waals surface area contributed by atoms with E-state index in [0.29, 0.717) is 30.0 Å². The molecule has 0 saturated heterocycles. The molecular weight excluding hydrogens is 258 g/mol. The fourth-order valence-electron chi connectivity index (χ4n) is 1.92. The largest absolute Gasteiger partial charge is 0.478 e. The molecule has 0 aromatic carbocycles. The van der Waals surface area contributed by atoms with E-state index in [2.05, 4.69) is 20.5 Å². The minimum absolute atomic E-state index is 0.178. The number of carboxylic acid groups (broad SMARTS) is 1. The average molecular weight is 275 g/mol. The highest BCUT2D eigenvalue weighted by Gasteiger charge is 2.17. The predicted molar refractivity (Wildman–Crippen MR) is 73.9 cm³/mol. The van der Waals surface area contributed by atoms with Gasteiger partial charge >= 0.3 is 5.97 Å². The van der Waals surface area contributed by atoms with Crippen molar-refractivity contribution in [3.63, 3.8) is 0 Å². The zero-order chi connectivity index (χ0) is 14.7. The summed E-state index contributed by atoms with van der Waals surface area (Å²) >= 11 is 0. The number of hydrogen-bond donors (Lipinski definition) is 2. The van der Waals surface area contributed by atoms with E-state index in [1.54, 1.807) is 20.0 Å². The van der Waals surface area contributed by atoms with Crippen LogP contribution < -0.4 is 5.32 Å². The maximum Gasteiger partial charge on any atom is 0.339 e. The minimum atomic E-state index is -1.00. The number of imidazole rings is 1. The first-order valence-corrected chi connectivity index (χ1v) is 6.28. The fourth-order valence-corrected chi connectivity index (χ4v) is 1.92. The number of nitrogens with zero attached hydrogens (tertiary/aromatic N) is 4. The van der Waals surface area contributed by atoms with Crippen molar-refractivity contribution < 1.29 is 9.90 Å². The first kappa shape index (κ1) is 14.0. The zero-order valence-electron chi connectivity index (χ0n) is 11.7. The third-order valence-electron chi connectivity index (χ3n) is 3.23. The lowest BCUT2D eigenvalue weighted by molar-refractivity contribution is 0.0696. The summed E-state index contributed by atoms with van der Waals surface area (Å²) < 4.78 is 1.92. The molecule has 7 nitrogen and oxygen atoms in total. The maximum atomic E-state index is 11.3. The minimum Gasteiger partial charge on any atom is -0.478 e. The molecule has 2 N–H and O–H groups in total. The molecule has 2 aromatic heterocycles. The van der Waals surface area contributed by atoms with Crippen molar-refractivity contribution in [1.29, 1.82) is 0 Å². The Morgan fingerprint density at radius 3 is 2.75 bits per heavy atom. The number of rotatable bonds is 5. The van der Waals surface area contributed by atoms with E-state index in [1.165, 1.54) is 0 Å². The van der Waals surface area contributed by atoms with Gasteiger partial charge in [-0.2, -0.15) is 5.10 Å². The SMILES string of the molecule is Cc1nnc(NCCc2nccn2C)c(C(=O)O)c1C. The van der Waals surface area contributed by atoms with Crippen molar-refractivity contribution in [1.82, 2.24) is 19.7 Å². The van der Waals surface area contributed by atoms with Crippen LogP contribution in [0, 0.1) is 13.8 Å². The van der Waals surface area contributed by atoms with E-state index in [0.717, 1.165) is 5.82 Å². The summed E-state index contributed by atoms with van der Waals surface area (Å²) in [5.41, 5.74) is 1.43. The topological polar surface area (TPSA) is 92.9 Å². The maximum absolute atomic E-state index is 11.3. The van der Waals surface area contributed by atoms with Crippen molar-refractivity contribution in [3.8, 4) is 0 Å². The van der Waals surface area contributed by atoms with Crippen LogP contribution in [-0.2, 0) is 13.5 Å². The second kappa shape index (κ2) is 5.68. The van der Waals surface area contributed by atoms with Crippen LogP contribution in [-0.4, -0.2) is 37.4 Å². The molecular formula is C13H17N5O2. The number of aromatic carboxylic acids is 1. The van der Waals surface area contributed by atoms with Crippen LogP contribution >= 0.6 is 0 Å². The first-order valence-electron chi connectivity index (χ1n) is 6.28. The predicted octanol–water partition coefficient (Wildman–Crippen LogP) is 1.18. The molecule has 0 radical (unpaired) electrons. The molecule has 0 aliphatic carbocycles. The molecule has 2 aromatic rings. The van der Waals surface area contributed by atoms with E-state index in [1.807, 2.05) is 17.8 Å². The second-order valence-electron chi connectivity index (χ2n) is 4.57. The number of nitrogens with one attached hydrogen (secondary N) is 1. The van der Waals surface area contributed by atoms with Gasteiger partial charge in [-0.25, -0.2) is 9.78 Å². The van der Waals surface area contributed by atoms with E-state index in [-0.39, 0.29) is 5.56 Å². The van der Waals surface area contributed by atoms with Gasteiger partial charge in [0.1, 0.15) is 11.4 Å². The Morgan fingerprint density at radius 1 is 1.40 bits per heavy atom. The third-order valence-corrected chi connectivity index (χ3v) is 3.23. The Hall–Kier alpha value is -2.44. The summed E-state index contributed by atoms with van der Waals surface area (Å²) in [6.45, 7) is 4.02. The van der Waals surface area contributed by atoms with Gasteiger partial charge in [0.25, 0.3) is 0 Å². The molecule has 0 aliphatic heterocycles. The molecule has 0 bridgehead atoms. The van der Waals surface area contributed by atoms with E-state index < -0.39 is 5.97 Å². The van der Waals surface area contributed by atoms with Crippen LogP contribution in [0.2, 0.25) is 0 Å². The smallest absolute Gasteiger partial charge is 0.339 e. The number of carboxylic acids is 1. The Bertz CT molecular complexity index is 636. The number of aromatic nitrogens is 4. The highest BCUT2D eigenvalue weighted by atomic mass is 16.4. The standard InChI is InChI=1S/C13H17N5O2/c1-8-9(2)16-17-12(11(8)13(19)20)15-5-4-10-14-6-7-18(10)3/h6-7H,4-5H2,1-3H3,(H,15,17)(H,19,20). The van der Waals surface area contributed by atoms with Crippen molar-refractivity contribution in [3.05, 3.63) is 35.0 Å². The van der Waals surface area contributed by atoms with Gasteiger partial charge in [0.2, 0.25) is 0 Å². The average Bonchev–Trinajstić information content (AvgIpc) is 2.79. The first-order chi connectivity index (χ1) is 9.50. The number of carbonyl (C=O) groups is 1. The molecule has 0 fully saturated rings. The van der Waals surface area contributed by atoms with Crippen LogP contribution in [0.5, 0.6) is 0 Å². The van der Waals surface area contributed by atoms with Crippen molar-refractivity contribution in [2.45, 2.75) is 20.3 Å². The normalized spacial score (nSPS) is 10.6. The van der Waals surface area contributed by atoms with Crippen LogP contribution in [0.15, 0.2) is 12.4 Å².